The van der Waals surface area contributed by atoms with Gasteiger partial charge in [0.05, 0.1) is 13.7 Å². The Morgan fingerprint density at radius 1 is 1.03 bits per heavy atom. The van der Waals surface area contributed by atoms with Crippen molar-refractivity contribution in [2.75, 3.05) is 33.9 Å². The molecule has 1 aromatic carbocycles. The number of methoxy groups -OCH3 is 1. The van der Waals surface area contributed by atoms with Gasteiger partial charge in [-0.3, -0.25) is 4.99 Å². The van der Waals surface area contributed by atoms with Crippen molar-refractivity contribution in [1.82, 2.24) is 15.6 Å². The van der Waals surface area contributed by atoms with E-state index in [9.17, 15) is 13.2 Å². The van der Waals surface area contributed by atoms with Crippen LogP contribution in [0, 0.1) is 0 Å². The lowest BCUT2D eigenvalue weighted by Gasteiger charge is -2.13. The van der Waals surface area contributed by atoms with Crippen LogP contribution in [-0.2, 0) is 6.54 Å². The summed E-state index contributed by atoms with van der Waals surface area (Å²) in [6.45, 7) is -0.0215. The maximum atomic E-state index is 12.1. The zero-order chi connectivity index (χ0) is 21.1. The number of nitrogens with zero attached hydrogens (tertiary/aromatic N) is 2. The average molecular weight is 412 g/mol. The number of alkyl halides is 3. The zero-order valence-corrected chi connectivity index (χ0v) is 16.1. The van der Waals surface area contributed by atoms with Gasteiger partial charge in [-0.1, -0.05) is 6.07 Å². The number of rotatable bonds is 9. The van der Waals surface area contributed by atoms with Crippen molar-refractivity contribution in [2.24, 2.45) is 4.99 Å². The summed E-state index contributed by atoms with van der Waals surface area (Å²) in [4.78, 5) is 7.95. The molecular formula is C19H23F3N4O3. The molecule has 0 aliphatic heterocycles. The summed E-state index contributed by atoms with van der Waals surface area (Å²) in [6.07, 6.45) is -2.95. The van der Waals surface area contributed by atoms with E-state index in [-0.39, 0.29) is 5.88 Å². The number of nitrogens with one attached hydrogen (secondary N) is 2. The third kappa shape index (κ3) is 8.58. The number of halogens is 3. The molecule has 0 spiro atoms. The second-order valence-electron chi connectivity index (χ2n) is 5.79. The standard InChI is InChI=1S/C19H23F3N4O3/c1-23-18(24-9-10-28-16-6-4-15(27-2)5-7-16)26-12-14-3-8-17(25-11-14)29-13-19(20,21)22/h3-8,11H,9-10,12-13H2,1-2H3,(H2,23,24,26). The molecular weight excluding hydrogens is 389 g/mol. The molecule has 0 aliphatic carbocycles. The summed E-state index contributed by atoms with van der Waals surface area (Å²) in [6, 6.07) is 10.3. The second kappa shape index (κ2) is 11.0. The number of hydrogen-bond donors (Lipinski definition) is 2. The van der Waals surface area contributed by atoms with Crippen LogP contribution in [0.5, 0.6) is 17.4 Å². The number of aromatic nitrogens is 1. The minimum atomic E-state index is -4.39. The lowest BCUT2D eigenvalue weighted by Crippen LogP contribution is -2.38. The molecule has 1 aromatic heterocycles. The molecule has 0 fully saturated rings. The Labute approximate surface area is 166 Å². The van der Waals surface area contributed by atoms with Gasteiger partial charge in [-0.2, -0.15) is 13.2 Å². The summed E-state index contributed by atoms with van der Waals surface area (Å²) >= 11 is 0. The fourth-order valence-corrected chi connectivity index (χ4v) is 2.17. The van der Waals surface area contributed by atoms with Crippen molar-refractivity contribution in [2.45, 2.75) is 12.7 Å². The van der Waals surface area contributed by atoms with Crippen molar-refractivity contribution >= 4 is 5.96 Å². The lowest BCUT2D eigenvalue weighted by atomic mass is 10.3. The first-order chi connectivity index (χ1) is 13.9. The zero-order valence-electron chi connectivity index (χ0n) is 16.1. The molecule has 0 radical (unpaired) electrons. The van der Waals surface area contributed by atoms with Crippen LogP contribution < -0.4 is 24.8 Å². The van der Waals surface area contributed by atoms with Gasteiger partial charge < -0.3 is 24.8 Å². The Bertz CT molecular complexity index is 766. The summed E-state index contributed by atoms with van der Waals surface area (Å²) in [5, 5.41) is 6.18. The molecule has 158 valence electrons. The quantitative estimate of drug-likeness (QED) is 0.375. The molecule has 0 amide bonds. The smallest absolute Gasteiger partial charge is 0.422 e. The molecule has 0 saturated carbocycles. The maximum Gasteiger partial charge on any atom is 0.422 e. The predicted octanol–water partition coefficient (Wildman–Crippen LogP) is 2.78. The van der Waals surface area contributed by atoms with Gasteiger partial charge >= 0.3 is 6.18 Å². The van der Waals surface area contributed by atoms with Crippen molar-refractivity contribution in [3.05, 3.63) is 48.2 Å². The SMILES string of the molecule is CN=C(NCCOc1ccc(OC)cc1)NCc1ccc(OCC(F)(F)F)nc1. The van der Waals surface area contributed by atoms with E-state index in [1.165, 1.54) is 12.3 Å². The molecule has 0 bridgehead atoms. The maximum absolute atomic E-state index is 12.1. The van der Waals surface area contributed by atoms with Gasteiger partial charge in [-0.15, -0.1) is 0 Å². The van der Waals surface area contributed by atoms with Crippen LogP contribution in [0.15, 0.2) is 47.6 Å². The van der Waals surface area contributed by atoms with Crippen molar-refractivity contribution in [3.8, 4) is 17.4 Å². The molecule has 0 unspecified atom stereocenters. The summed E-state index contributed by atoms with van der Waals surface area (Å²) in [5.41, 5.74) is 0.766. The van der Waals surface area contributed by atoms with Crippen LogP contribution in [0.4, 0.5) is 13.2 Å². The van der Waals surface area contributed by atoms with Crippen LogP contribution in [-0.4, -0.2) is 51.0 Å². The van der Waals surface area contributed by atoms with Gasteiger partial charge in [0, 0.05) is 25.9 Å². The first kappa shape index (κ1) is 22.1. The summed E-state index contributed by atoms with van der Waals surface area (Å²) < 4.78 is 51.7. The second-order valence-corrected chi connectivity index (χ2v) is 5.79. The number of pyridine rings is 1. The van der Waals surface area contributed by atoms with Gasteiger partial charge in [-0.05, 0) is 29.8 Å². The van der Waals surface area contributed by atoms with Crippen LogP contribution in [0.2, 0.25) is 0 Å². The molecule has 7 nitrogen and oxygen atoms in total. The van der Waals surface area contributed by atoms with E-state index in [4.69, 9.17) is 9.47 Å². The van der Waals surface area contributed by atoms with E-state index in [1.54, 1.807) is 20.2 Å². The normalized spacial score (nSPS) is 11.7. The molecule has 2 aromatic rings. The van der Waals surface area contributed by atoms with E-state index in [2.05, 4.69) is 25.3 Å². The number of ether oxygens (including phenoxy) is 3. The Hall–Kier alpha value is -3.17. The average Bonchev–Trinajstić information content (AvgIpc) is 2.72. The largest absolute Gasteiger partial charge is 0.497 e. The highest BCUT2D eigenvalue weighted by atomic mass is 19.4. The fraction of sp³-hybridized carbons (Fsp3) is 0.368. The Morgan fingerprint density at radius 2 is 1.76 bits per heavy atom. The monoisotopic (exact) mass is 412 g/mol. The van der Waals surface area contributed by atoms with Crippen LogP contribution in [0.3, 0.4) is 0 Å². The molecule has 2 N–H and O–H groups in total. The summed E-state index contributed by atoms with van der Waals surface area (Å²) in [5.74, 6) is 1.97. The lowest BCUT2D eigenvalue weighted by molar-refractivity contribution is -0.154. The molecule has 0 aliphatic rings. The molecule has 0 atom stereocenters. The molecule has 29 heavy (non-hydrogen) atoms. The van der Waals surface area contributed by atoms with Crippen LogP contribution in [0.1, 0.15) is 5.56 Å². The molecule has 2 rings (SSSR count). The highest BCUT2D eigenvalue weighted by molar-refractivity contribution is 5.79. The summed E-state index contributed by atoms with van der Waals surface area (Å²) in [7, 11) is 3.23. The van der Waals surface area contributed by atoms with Gasteiger partial charge in [0.2, 0.25) is 5.88 Å². The Balaban J connectivity index is 1.68. The third-order valence-corrected chi connectivity index (χ3v) is 3.59. The van der Waals surface area contributed by atoms with Crippen molar-refractivity contribution in [3.63, 3.8) is 0 Å². The van der Waals surface area contributed by atoms with E-state index >= 15 is 0 Å². The molecule has 10 heteroatoms. The van der Waals surface area contributed by atoms with Crippen LogP contribution in [0.25, 0.3) is 0 Å². The van der Waals surface area contributed by atoms with Gasteiger partial charge in [0.1, 0.15) is 18.1 Å². The third-order valence-electron chi connectivity index (χ3n) is 3.59. The Kier molecular flexibility index (Phi) is 8.38. The number of guanidine groups is 1. The fourth-order valence-electron chi connectivity index (χ4n) is 2.17. The minimum Gasteiger partial charge on any atom is -0.497 e. The molecule has 0 saturated heterocycles. The number of benzene rings is 1. The highest BCUT2D eigenvalue weighted by Gasteiger charge is 2.28. The van der Waals surface area contributed by atoms with Gasteiger partial charge in [0.15, 0.2) is 12.6 Å². The number of aliphatic imine (C=N–C) groups is 1. The molecule has 1 heterocycles. The van der Waals surface area contributed by atoms with E-state index in [1.807, 2.05) is 24.3 Å². The first-order valence-corrected chi connectivity index (χ1v) is 8.75. The van der Waals surface area contributed by atoms with Gasteiger partial charge in [-0.25, -0.2) is 4.98 Å². The van der Waals surface area contributed by atoms with Crippen LogP contribution >= 0.6 is 0 Å². The van der Waals surface area contributed by atoms with E-state index < -0.39 is 12.8 Å². The van der Waals surface area contributed by atoms with Crippen molar-refractivity contribution in [1.29, 1.82) is 0 Å². The van der Waals surface area contributed by atoms with Crippen molar-refractivity contribution < 1.29 is 27.4 Å². The predicted molar refractivity (Wildman–Crippen MR) is 102 cm³/mol. The van der Waals surface area contributed by atoms with Gasteiger partial charge in [0.25, 0.3) is 0 Å². The topological polar surface area (TPSA) is 77.0 Å². The number of hydrogen-bond acceptors (Lipinski definition) is 5. The highest BCUT2D eigenvalue weighted by Crippen LogP contribution is 2.17. The first-order valence-electron chi connectivity index (χ1n) is 8.75. The minimum absolute atomic E-state index is 0.0794. The van der Waals surface area contributed by atoms with E-state index in [0.29, 0.717) is 25.7 Å². The Morgan fingerprint density at radius 3 is 2.34 bits per heavy atom. The van der Waals surface area contributed by atoms with E-state index in [0.717, 1.165) is 17.1 Å².